The molecule has 3 heterocycles. The molecule has 0 saturated carbocycles. The molecule has 1 aliphatic rings. The highest BCUT2D eigenvalue weighted by Gasteiger charge is 2.22. The molecule has 1 aromatic carbocycles. The summed E-state index contributed by atoms with van der Waals surface area (Å²) in [4.78, 5) is 10.8. The highest BCUT2D eigenvalue weighted by molar-refractivity contribution is 14.0. The molecule has 0 aliphatic carbocycles. The maximum absolute atomic E-state index is 4.82. The molecule has 0 bridgehead atoms. The summed E-state index contributed by atoms with van der Waals surface area (Å²) in [5, 5.41) is 16.9. The second kappa shape index (κ2) is 11.8. The first-order valence-electron chi connectivity index (χ1n) is 11.7. The maximum Gasteiger partial charge on any atom is 0.191 e. The molecule has 33 heavy (non-hydrogen) atoms. The minimum atomic E-state index is 0. The molecule has 3 N–H and O–H groups in total. The highest BCUT2D eigenvalue weighted by Crippen LogP contribution is 2.22. The van der Waals surface area contributed by atoms with Gasteiger partial charge in [0.15, 0.2) is 11.8 Å². The van der Waals surface area contributed by atoms with E-state index in [0.29, 0.717) is 12.6 Å². The first-order chi connectivity index (χ1) is 15.6. The molecule has 1 fully saturated rings. The number of aromatic amines is 1. The number of aliphatic imine (C=N–C) groups is 1. The second-order valence-electron chi connectivity index (χ2n) is 8.68. The van der Waals surface area contributed by atoms with Crippen LogP contribution in [0.2, 0.25) is 0 Å². The largest absolute Gasteiger partial charge is 0.361 e. The number of aromatic nitrogens is 4. The van der Waals surface area contributed by atoms with Crippen LogP contribution in [0.4, 0.5) is 0 Å². The Kier molecular flexibility index (Phi) is 9.13. The Hall–Kier alpha value is -2.14. The van der Waals surface area contributed by atoms with Crippen LogP contribution in [-0.4, -0.2) is 62.8 Å². The van der Waals surface area contributed by atoms with Crippen molar-refractivity contribution < 1.29 is 0 Å². The molecule has 0 spiro atoms. The van der Waals surface area contributed by atoms with Crippen LogP contribution in [0.25, 0.3) is 10.9 Å². The zero-order chi connectivity index (χ0) is 22.5. The van der Waals surface area contributed by atoms with E-state index in [1.165, 1.54) is 41.4 Å². The van der Waals surface area contributed by atoms with Crippen LogP contribution >= 0.6 is 24.0 Å². The van der Waals surface area contributed by atoms with Gasteiger partial charge in [0.05, 0.1) is 0 Å². The van der Waals surface area contributed by atoms with E-state index in [2.05, 4.69) is 69.0 Å². The summed E-state index contributed by atoms with van der Waals surface area (Å²) in [5.41, 5.74) is 3.84. The Morgan fingerprint density at radius 3 is 2.85 bits per heavy atom. The predicted molar refractivity (Wildman–Crippen MR) is 145 cm³/mol. The molecular formula is C24H37IN8. The van der Waals surface area contributed by atoms with Gasteiger partial charge in [-0.3, -0.25) is 4.90 Å². The number of nitrogens with one attached hydrogen (secondary N) is 3. The van der Waals surface area contributed by atoms with Crippen molar-refractivity contribution in [2.24, 2.45) is 12.0 Å². The van der Waals surface area contributed by atoms with Gasteiger partial charge in [-0.2, -0.15) is 0 Å². The van der Waals surface area contributed by atoms with Gasteiger partial charge in [-0.15, -0.1) is 34.2 Å². The number of likely N-dealkylation sites (tertiary alicyclic amines) is 1. The Balaban J connectivity index is 0.00000306. The Labute approximate surface area is 213 Å². The lowest BCUT2D eigenvalue weighted by molar-refractivity contribution is 0.267. The fourth-order valence-electron chi connectivity index (χ4n) is 4.63. The Bertz CT molecular complexity index is 1070. The number of aryl methyl sites for hydroxylation is 2. The van der Waals surface area contributed by atoms with Crippen LogP contribution in [0, 0.1) is 13.8 Å². The number of nitrogens with zero attached hydrogens (tertiary/aromatic N) is 5. The minimum absolute atomic E-state index is 0. The van der Waals surface area contributed by atoms with Gasteiger partial charge in [0.25, 0.3) is 0 Å². The van der Waals surface area contributed by atoms with E-state index in [9.17, 15) is 0 Å². The average Bonchev–Trinajstić information content (AvgIpc) is 3.50. The quantitative estimate of drug-likeness (QED) is 0.222. The summed E-state index contributed by atoms with van der Waals surface area (Å²) in [5.74, 6) is 2.61. The van der Waals surface area contributed by atoms with Crippen molar-refractivity contribution in [2.45, 2.75) is 52.6 Å². The topological polar surface area (TPSA) is 86.2 Å². The summed E-state index contributed by atoms with van der Waals surface area (Å²) in [6.07, 6.45) is 5.58. The predicted octanol–water partition coefficient (Wildman–Crippen LogP) is 3.29. The van der Waals surface area contributed by atoms with Crippen LogP contribution in [0.5, 0.6) is 0 Å². The molecule has 0 amide bonds. The van der Waals surface area contributed by atoms with Gasteiger partial charge >= 0.3 is 0 Å². The van der Waals surface area contributed by atoms with E-state index in [1.54, 1.807) is 0 Å². The normalized spacial score (nSPS) is 16.8. The standard InChI is InChI=1S/C24H36N8.HI/c1-5-32-13-7-9-20(32)15-27-24(28-16-22-30-29-18(3)31(22)4)25-12-11-19-14-26-21-10-6-8-17(2)23(19)21;/h6,8,10,14,20,26H,5,7,9,11-13,15-16H2,1-4H3,(H2,25,27,28);1H. The van der Waals surface area contributed by atoms with E-state index in [-0.39, 0.29) is 24.0 Å². The molecule has 1 unspecified atom stereocenters. The van der Waals surface area contributed by atoms with Crippen LogP contribution < -0.4 is 10.6 Å². The number of likely N-dealkylation sites (N-methyl/N-ethyl adjacent to an activating group) is 1. The molecule has 3 aromatic rings. The fraction of sp³-hybridized carbons (Fsp3) is 0.542. The van der Waals surface area contributed by atoms with Crippen molar-refractivity contribution in [1.29, 1.82) is 0 Å². The first kappa shape index (κ1) is 25.5. The van der Waals surface area contributed by atoms with Crippen molar-refractivity contribution in [3.8, 4) is 0 Å². The zero-order valence-electron chi connectivity index (χ0n) is 20.2. The third kappa shape index (κ3) is 6.06. The van der Waals surface area contributed by atoms with Crippen LogP contribution in [0.1, 0.15) is 42.5 Å². The number of halogens is 1. The lowest BCUT2D eigenvalue weighted by atomic mass is 10.1. The monoisotopic (exact) mass is 564 g/mol. The molecule has 8 nitrogen and oxygen atoms in total. The van der Waals surface area contributed by atoms with Gasteiger partial charge in [-0.25, -0.2) is 4.99 Å². The molecular weight excluding hydrogens is 527 g/mol. The molecule has 1 atom stereocenters. The van der Waals surface area contributed by atoms with E-state index < -0.39 is 0 Å². The molecule has 9 heteroatoms. The van der Waals surface area contributed by atoms with Crippen molar-refractivity contribution in [1.82, 2.24) is 35.3 Å². The molecule has 4 rings (SSSR count). The number of hydrogen-bond acceptors (Lipinski definition) is 4. The third-order valence-corrected chi connectivity index (χ3v) is 6.65. The summed E-state index contributed by atoms with van der Waals surface area (Å²) < 4.78 is 1.99. The highest BCUT2D eigenvalue weighted by atomic mass is 127. The van der Waals surface area contributed by atoms with Gasteiger partial charge in [0, 0.05) is 43.3 Å². The summed E-state index contributed by atoms with van der Waals surface area (Å²) in [6, 6.07) is 6.98. The molecule has 1 saturated heterocycles. The first-order valence-corrected chi connectivity index (χ1v) is 11.7. The van der Waals surface area contributed by atoms with Crippen molar-refractivity contribution in [2.75, 3.05) is 26.2 Å². The van der Waals surface area contributed by atoms with E-state index in [0.717, 1.165) is 43.7 Å². The van der Waals surface area contributed by atoms with Crippen molar-refractivity contribution >= 4 is 40.8 Å². The Morgan fingerprint density at radius 2 is 2.09 bits per heavy atom. The van der Waals surface area contributed by atoms with Gasteiger partial charge in [-0.1, -0.05) is 19.1 Å². The van der Waals surface area contributed by atoms with Crippen LogP contribution in [0.15, 0.2) is 29.4 Å². The second-order valence-corrected chi connectivity index (χ2v) is 8.68. The molecule has 2 aromatic heterocycles. The van der Waals surface area contributed by atoms with E-state index in [4.69, 9.17) is 4.99 Å². The van der Waals surface area contributed by atoms with Gasteiger partial charge in [-0.05, 0) is 63.4 Å². The minimum Gasteiger partial charge on any atom is -0.361 e. The third-order valence-electron chi connectivity index (χ3n) is 6.65. The summed E-state index contributed by atoms with van der Waals surface area (Å²) >= 11 is 0. The van der Waals surface area contributed by atoms with E-state index >= 15 is 0 Å². The smallest absolute Gasteiger partial charge is 0.191 e. The summed E-state index contributed by atoms with van der Waals surface area (Å²) in [7, 11) is 1.98. The maximum atomic E-state index is 4.82. The zero-order valence-corrected chi connectivity index (χ0v) is 22.5. The number of fused-ring (bicyclic) bond motifs is 1. The van der Waals surface area contributed by atoms with E-state index in [1.807, 2.05) is 18.5 Å². The number of rotatable bonds is 8. The molecule has 180 valence electrons. The van der Waals surface area contributed by atoms with Gasteiger partial charge < -0.3 is 20.2 Å². The lowest BCUT2D eigenvalue weighted by Gasteiger charge is -2.24. The van der Waals surface area contributed by atoms with Crippen LogP contribution in [-0.2, 0) is 20.0 Å². The van der Waals surface area contributed by atoms with Crippen molar-refractivity contribution in [3.63, 3.8) is 0 Å². The number of H-pyrrole nitrogens is 1. The number of benzene rings is 1. The summed E-state index contributed by atoms with van der Waals surface area (Å²) in [6.45, 7) is 10.9. The molecule has 0 radical (unpaired) electrons. The average molecular weight is 565 g/mol. The number of guanidine groups is 1. The lowest BCUT2D eigenvalue weighted by Crippen LogP contribution is -2.45. The van der Waals surface area contributed by atoms with Gasteiger partial charge in [0.2, 0.25) is 0 Å². The van der Waals surface area contributed by atoms with Crippen LogP contribution in [0.3, 0.4) is 0 Å². The fourth-order valence-corrected chi connectivity index (χ4v) is 4.63. The number of hydrogen-bond donors (Lipinski definition) is 3. The van der Waals surface area contributed by atoms with Crippen molar-refractivity contribution in [3.05, 3.63) is 47.2 Å². The SMILES string of the molecule is CCN1CCCC1CNC(=NCc1nnc(C)n1C)NCCc1c[nH]c2cccc(C)c12.I. The Morgan fingerprint density at radius 1 is 1.24 bits per heavy atom. The molecule has 1 aliphatic heterocycles. The van der Waals surface area contributed by atoms with Gasteiger partial charge in [0.1, 0.15) is 12.4 Å².